The fraction of sp³-hybridized carbons (Fsp3) is 0.457. The summed E-state index contributed by atoms with van der Waals surface area (Å²) in [6.07, 6.45) is 4.53. The predicted octanol–water partition coefficient (Wildman–Crippen LogP) is 2.31. The first-order valence-electron chi connectivity index (χ1n) is 16.2. The largest absolute Gasteiger partial charge is 0.386 e. The quantitative estimate of drug-likeness (QED) is 0.205. The fourth-order valence-electron chi connectivity index (χ4n) is 6.40. The van der Waals surface area contributed by atoms with Crippen molar-refractivity contribution >= 4 is 40.3 Å². The van der Waals surface area contributed by atoms with Crippen molar-refractivity contribution < 1.29 is 29.1 Å². The number of carbonyl (C=O) groups excluding carboxylic acids is 5. The van der Waals surface area contributed by atoms with Crippen LogP contribution in [0, 0.1) is 0 Å². The molecule has 0 bridgehead atoms. The third kappa shape index (κ3) is 8.00. The van der Waals surface area contributed by atoms with Gasteiger partial charge >= 0.3 is 0 Å². The van der Waals surface area contributed by atoms with Crippen LogP contribution in [0.3, 0.4) is 0 Å². The number of fused-ring (bicyclic) bond motifs is 2. The van der Waals surface area contributed by atoms with E-state index in [4.69, 9.17) is 0 Å². The molecule has 0 spiro atoms. The maximum Gasteiger partial charge on any atom is 0.246 e. The highest BCUT2D eigenvalue weighted by Crippen LogP contribution is 2.23. The van der Waals surface area contributed by atoms with Crippen LogP contribution in [-0.2, 0) is 36.8 Å². The number of unbranched alkanes of at least 4 members (excludes halogenated alkanes) is 2. The molecule has 0 saturated carbocycles. The molecule has 2 aliphatic rings. The van der Waals surface area contributed by atoms with Crippen LogP contribution < -0.4 is 16.0 Å². The molecule has 0 unspecified atom stereocenters. The Bertz CT molecular complexity index is 1550. The third-order valence-electron chi connectivity index (χ3n) is 8.98. The molecule has 5 rings (SSSR count). The van der Waals surface area contributed by atoms with Crippen molar-refractivity contribution in [3.8, 4) is 0 Å². The summed E-state index contributed by atoms with van der Waals surface area (Å²) in [6, 6.07) is 13.5. The molecular weight excluding hydrogens is 586 g/mol. The van der Waals surface area contributed by atoms with Crippen molar-refractivity contribution in [3.05, 3.63) is 71.9 Å². The third-order valence-corrected chi connectivity index (χ3v) is 8.98. The molecule has 5 N–H and O–H groups in total. The number of nitrogens with zero attached hydrogens (tertiary/aromatic N) is 1. The first-order chi connectivity index (χ1) is 22.2. The van der Waals surface area contributed by atoms with Gasteiger partial charge in [0.15, 0.2) is 5.78 Å². The molecule has 2 aromatic carbocycles. The van der Waals surface area contributed by atoms with Crippen molar-refractivity contribution in [1.29, 1.82) is 0 Å². The molecule has 3 heterocycles. The van der Waals surface area contributed by atoms with Crippen molar-refractivity contribution in [3.63, 3.8) is 0 Å². The second kappa shape index (κ2) is 15.2. The highest BCUT2D eigenvalue weighted by molar-refractivity contribution is 5.98. The Hall–Kier alpha value is -4.51. The number of hydrogen-bond donors (Lipinski definition) is 5. The van der Waals surface area contributed by atoms with E-state index in [9.17, 15) is 29.1 Å². The molecule has 2 fully saturated rings. The van der Waals surface area contributed by atoms with E-state index in [1.165, 1.54) is 11.8 Å². The molecule has 2 saturated heterocycles. The number of nitrogens with one attached hydrogen (secondary N) is 4. The number of aliphatic hydroxyl groups is 1. The summed E-state index contributed by atoms with van der Waals surface area (Å²) in [5.41, 5.74) is 2.59. The number of Topliss-reactive ketones (excluding diaryl/α,β-unsaturated/α-hetero) is 1. The smallest absolute Gasteiger partial charge is 0.246 e. The van der Waals surface area contributed by atoms with Gasteiger partial charge in [0, 0.05) is 42.9 Å². The van der Waals surface area contributed by atoms with Gasteiger partial charge in [-0.1, -0.05) is 61.4 Å². The topological polar surface area (TPSA) is 161 Å². The van der Waals surface area contributed by atoms with E-state index in [-0.39, 0.29) is 31.0 Å². The van der Waals surface area contributed by atoms with E-state index in [2.05, 4.69) is 20.9 Å². The number of aromatic amines is 1. The lowest BCUT2D eigenvalue weighted by atomic mass is 9.99. The van der Waals surface area contributed by atoms with Gasteiger partial charge in [0.25, 0.3) is 0 Å². The Morgan fingerprint density at radius 1 is 0.848 bits per heavy atom. The Kier molecular flexibility index (Phi) is 10.8. The van der Waals surface area contributed by atoms with Crippen LogP contribution in [-0.4, -0.2) is 81.2 Å². The molecular formula is C35H43N5O6. The number of aromatic nitrogens is 1. The Morgan fingerprint density at radius 2 is 1.54 bits per heavy atom. The number of ketones is 1. The second-order valence-electron chi connectivity index (χ2n) is 12.4. The van der Waals surface area contributed by atoms with Gasteiger partial charge in [-0.2, -0.15) is 0 Å². The number of amides is 4. The average molecular weight is 630 g/mol. The molecule has 46 heavy (non-hydrogen) atoms. The number of para-hydroxylation sites is 1. The van der Waals surface area contributed by atoms with E-state index in [1.807, 2.05) is 60.8 Å². The lowest BCUT2D eigenvalue weighted by molar-refractivity contribution is -0.143. The minimum atomic E-state index is -1.02. The molecule has 3 aromatic rings. The lowest BCUT2D eigenvalue weighted by Crippen LogP contribution is -2.61. The van der Waals surface area contributed by atoms with Crippen molar-refractivity contribution in [2.75, 3.05) is 6.54 Å². The Balaban J connectivity index is 1.41. The van der Waals surface area contributed by atoms with E-state index < -0.39 is 48.0 Å². The van der Waals surface area contributed by atoms with Gasteiger partial charge < -0.3 is 30.9 Å². The monoisotopic (exact) mass is 629 g/mol. The zero-order chi connectivity index (χ0) is 32.6. The van der Waals surface area contributed by atoms with E-state index in [0.29, 0.717) is 45.1 Å². The number of carbonyl (C=O) groups is 5. The van der Waals surface area contributed by atoms with Crippen LogP contribution in [0.1, 0.15) is 63.0 Å². The van der Waals surface area contributed by atoms with Gasteiger partial charge in [-0.15, -0.1) is 0 Å². The summed E-state index contributed by atoms with van der Waals surface area (Å²) in [6.45, 7) is 1.82. The zero-order valence-electron chi connectivity index (χ0n) is 26.2. The molecule has 1 aromatic heterocycles. The highest BCUT2D eigenvalue weighted by atomic mass is 16.3. The maximum absolute atomic E-state index is 14.0. The Morgan fingerprint density at radius 3 is 2.33 bits per heavy atom. The summed E-state index contributed by atoms with van der Waals surface area (Å²) < 4.78 is 0. The number of rotatable bonds is 11. The van der Waals surface area contributed by atoms with E-state index >= 15 is 0 Å². The molecule has 11 heteroatoms. The van der Waals surface area contributed by atoms with Gasteiger partial charge in [0.05, 0.1) is 0 Å². The van der Waals surface area contributed by atoms with Gasteiger partial charge in [0.2, 0.25) is 23.6 Å². The molecule has 11 nitrogen and oxygen atoms in total. The molecule has 2 aliphatic heterocycles. The van der Waals surface area contributed by atoms with Gasteiger partial charge in [-0.3, -0.25) is 24.0 Å². The number of benzene rings is 2. The minimum Gasteiger partial charge on any atom is -0.386 e. The summed E-state index contributed by atoms with van der Waals surface area (Å²) in [5.74, 6) is -1.92. The zero-order valence-corrected chi connectivity index (χ0v) is 26.2. The first kappa shape index (κ1) is 32.9. The van der Waals surface area contributed by atoms with Crippen molar-refractivity contribution in [2.24, 2.45) is 0 Å². The number of hydrogen-bond acceptors (Lipinski definition) is 6. The molecule has 4 amide bonds. The highest BCUT2D eigenvalue weighted by Gasteiger charge is 2.40. The van der Waals surface area contributed by atoms with Gasteiger partial charge in [0.1, 0.15) is 30.3 Å². The molecule has 0 radical (unpaired) electrons. The number of H-pyrrole nitrogens is 1. The maximum atomic E-state index is 14.0. The molecule has 244 valence electrons. The van der Waals surface area contributed by atoms with Crippen molar-refractivity contribution in [2.45, 2.75) is 95.0 Å². The standard InChI is InChI=1S/C35H43N5O6/c1-22(41)31(42)17-7-3-6-15-27-32(43)38-28(20-24-21-36-26-14-9-8-13-25(24)26)33(44)39-29(19-23-11-4-2-5-12-23)35(46)40-18-10-16-30(40)34(45)37-27/h2,4-5,8-9,11-14,21-22,27-30,36,41H,3,6-7,10,15-20H2,1H3,(H,37,45)(H,38,43)(H,39,44)/t22-,27+,28+,29+,30+/m1/s1. The van der Waals surface area contributed by atoms with E-state index in [0.717, 1.165) is 22.0 Å². The van der Waals surface area contributed by atoms with Crippen molar-refractivity contribution in [1.82, 2.24) is 25.8 Å². The predicted molar refractivity (Wildman–Crippen MR) is 172 cm³/mol. The Labute approximate surface area is 268 Å². The normalized spacial score (nSPS) is 23.1. The van der Waals surface area contributed by atoms with Crippen LogP contribution in [0.25, 0.3) is 10.9 Å². The van der Waals surface area contributed by atoms with Crippen LogP contribution in [0.4, 0.5) is 0 Å². The summed E-state index contributed by atoms with van der Waals surface area (Å²) in [4.78, 5) is 72.1. The molecule has 5 atom stereocenters. The van der Waals surface area contributed by atoms with E-state index in [1.54, 1.807) is 0 Å². The second-order valence-corrected chi connectivity index (χ2v) is 12.4. The summed E-state index contributed by atoms with van der Waals surface area (Å²) >= 11 is 0. The molecule has 0 aliphatic carbocycles. The average Bonchev–Trinajstić information content (AvgIpc) is 3.71. The van der Waals surface area contributed by atoms with Gasteiger partial charge in [-0.05, 0) is 49.8 Å². The van der Waals surface area contributed by atoms with Crippen LogP contribution in [0.15, 0.2) is 60.8 Å². The summed E-state index contributed by atoms with van der Waals surface area (Å²) in [7, 11) is 0. The number of aliphatic hydroxyl groups excluding tert-OH is 1. The minimum absolute atomic E-state index is 0.169. The van der Waals surface area contributed by atoms with Crippen LogP contribution in [0.5, 0.6) is 0 Å². The first-order valence-corrected chi connectivity index (χ1v) is 16.2. The van der Waals surface area contributed by atoms with Crippen LogP contribution in [0.2, 0.25) is 0 Å². The SMILES string of the molecule is C[C@@H](O)C(=O)CCCCC[C@@H]1NC(=O)[C@@H]2CCCN2C(=O)[C@H](Cc2ccccc2)NC(=O)[C@H](Cc2c[nH]c3ccccc23)NC1=O. The fourth-order valence-corrected chi connectivity index (χ4v) is 6.40. The summed E-state index contributed by atoms with van der Waals surface area (Å²) in [5, 5.41) is 19.1. The lowest BCUT2D eigenvalue weighted by Gasteiger charge is -2.32. The van der Waals surface area contributed by atoms with Gasteiger partial charge in [-0.25, -0.2) is 0 Å². The van der Waals surface area contributed by atoms with Crippen LogP contribution >= 0.6 is 0 Å².